The Morgan fingerprint density at radius 3 is 2.90 bits per heavy atom. The monoisotopic (exact) mass is 304 g/mol. The normalized spacial score (nSPS) is 36.8. The maximum Gasteiger partial charge on any atom is 0.472 e. The van der Waals surface area contributed by atoms with Gasteiger partial charge in [-0.25, -0.2) is 9.36 Å². The molecule has 2 N–H and O–H groups in total. The summed E-state index contributed by atoms with van der Waals surface area (Å²) in [5.41, 5.74) is -0.638. The number of hydrogen-bond donors (Lipinski definition) is 2. The van der Waals surface area contributed by atoms with E-state index in [2.05, 4.69) is 9.51 Å². The van der Waals surface area contributed by atoms with Gasteiger partial charge in [-0.1, -0.05) is 0 Å². The Hall–Kier alpha value is -1.25. The molecule has 0 aliphatic carbocycles. The highest BCUT2D eigenvalue weighted by Gasteiger charge is 2.46. The Bertz CT molecular complexity index is 696. The van der Waals surface area contributed by atoms with Gasteiger partial charge in [0.1, 0.15) is 18.4 Å². The van der Waals surface area contributed by atoms with Crippen LogP contribution in [0, 0.1) is 6.92 Å². The van der Waals surface area contributed by atoms with Crippen molar-refractivity contribution in [2.24, 2.45) is 0 Å². The average molecular weight is 304 g/mol. The summed E-state index contributed by atoms with van der Waals surface area (Å²) in [4.78, 5) is 34.4. The Balaban J connectivity index is 1.90. The van der Waals surface area contributed by atoms with E-state index in [1.54, 1.807) is 6.92 Å². The van der Waals surface area contributed by atoms with E-state index in [-0.39, 0.29) is 13.0 Å². The van der Waals surface area contributed by atoms with Gasteiger partial charge in [-0.05, 0) is 6.92 Å². The molecule has 2 fully saturated rings. The molecule has 9 nitrogen and oxygen atoms in total. The molecule has 4 atom stereocenters. The van der Waals surface area contributed by atoms with E-state index < -0.39 is 37.5 Å². The molecule has 0 aromatic carbocycles. The zero-order chi connectivity index (χ0) is 14.5. The summed E-state index contributed by atoms with van der Waals surface area (Å²) in [5.74, 6) is 0. The Morgan fingerprint density at radius 1 is 1.45 bits per heavy atom. The molecule has 3 heterocycles. The summed E-state index contributed by atoms with van der Waals surface area (Å²) in [5, 5.41) is 0. The third-order valence-electron chi connectivity index (χ3n) is 3.31. The van der Waals surface area contributed by atoms with Crippen LogP contribution < -0.4 is 11.2 Å². The molecule has 2 aliphatic heterocycles. The minimum atomic E-state index is -4.03. The van der Waals surface area contributed by atoms with Gasteiger partial charge in [0.25, 0.3) is 5.56 Å². The van der Waals surface area contributed by atoms with Gasteiger partial charge in [0.15, 0.2) is 0 Å². The van der Waals surface area contributed by atoms with Crippen LogP contribution in [0.1, 0.15) is 18.3 Å². The van der Waals surface area contributed by atoms with Crippen LogP contribution in [0.25, 0.3) is 0 Å². The number of rotatable bonds is 1. The summed E-state index contributed by atoms with van der Waals surface area (Å²) in [6.45, 7) is 1.53. The number of hydrogen-bond acceptors (Lipinski definition) is 6. The number of phosphoric ester groups is 1. The third-order valence-corrected chi connectivity index (χ3v) is 4.32. The first-order valence-corrected chi connectivity index (χ1v) is 7.49. The highest BCUT2D eigenvalue weighted by molar-refractivity contribution is 7.47. The number of ether oxygens (including phenoxy) is 1. The number of aromatic amines is 1. The van der Waals surface area contributed by atoms with E-state index in [4.69, 9.17) is 9.26 Å². The SMILES string of the molecule is Cc1cc(=O)[nH]c(=O)n1[C@H]1C[C@@H]2OP(=O)(O)OC[C@H]2O1. The highest BCUT2D eigenvalue weighted by Crippen LogP contribution is 2.52. The van der Waals surface area contributed by atoms with Gasteiger partial charge in [0, 0.05) is 18.2 Å². The van der Waals surface area contributed by atoms with Gasteiger partial charge < -0.3 is 9.63 Å². The lowest BCUT2D eigenvalue weighted by Gasteiger charge is -2.26. The van der Waals surface area contributed by atoms with Crippen molar-refractivity contribution >= 4 is 7.82 Å². The van der Waals surface area contributed by atoms with Crippen LogP contribution in [0.4, 0.5) is 0 Å². The van der Waals surface area contributed by atoms with Crippen molar-refractivity contribution in [2.45, 2.75) is 31.8 Å². The topological polar surface area (TPSA) is 120 Å². The van der Waals surface area contributed by atoms with Gasteiger partial charge in [-0.2, -0.15) is 0 Å². The molecule has 2 saturated heterocycles. The first kappa shape index (κ1) is 13.7. The molecule has 10 heteroatoms. The summed E-state index contributed by atoms with van der Waals surface area (Å²) in [6.07, 6.45) is -1.59. The number of aromatic nitrogens is 2. The largest absolute Gasteiger partial charge is 0.472 e. The lowest BCUT2D eigenvalue weighted by molar-refractivity contribution is -0.0684. The first-order chi connectivity index (χ1) is 9.35. The van der Waals surface area contributed by atoms with Crippen molar-refractivity contribution in [3.63, 3.8) is 0 Å². The molecule has 1 unspecified atom stereocenters. The van der Waals surface area contributed by atoms with E-state index in [0.717, 1.165) is 0 Å². The Kier molecular flexibility index (Phi) is 3.19. The molecule has 1 aromatic heterocycles. The molecule has 20 heavy (non-hydrogen) atoms. The number of nitrogens with zero attached hydrogens (tertiary/aromatic N) is 1. The molecule has 0 spiro atoms. The second-order valence-electron chi connectivity index (χ2n) is 4.72. The van der Waals surface area contributed by atoms with E-state index in [1.807, 2.05) is 0 Å². The van der Waals surface area contributed by atoms with E-state index in [9.17, 15) is 19.0 Å². The maximum absolute atomic E-state index is 11.8. The van der Waals surface area contributed by atoms with Crippen molar-refractivity contribution in [2.75, 3.05) is 6.61 Å². The molecule has 0 saturated carbocycles. The molecule has 110 valence electrons. The lowest BCUT2D eigenvalue weighted by atomic mass is 10.2. The van der Waals surface area contributed by atoms with Crippen molar-refractivity contribution in [3.05, 3.63) is 32.6 Å². The number of phosphoric acid groups is 1. The van der Waals surface area contributed by atoms with Gasteiger partial charge in [-0.15, -0.1) is 0 Å². The summed E-state index contributed by atoms with van der Waals surface area (Å²) >= 11 is 0. The minimum Gasteiger partial charge on any atom is -0.349 e. The molecule has 0 amide bonds. The number of fused-ring (bicyclic) bond motifs is 1. The van der Waals surface area contributed by atoms with Gasteiger partial charge >= 0.3 is 13.5 Å². The minimum absolute atomic E-state index is 0.0773. The van der Waals surface area contributed by atoms with Crippen LogP contribution in [-0.4, -0.2) is 33.3 Å². The molecular formula is C10H13N2O7P. The Labute approximate surface area is 112 Å². The van der Waals surface area contributed by atoms with Crippen LogP contribution in [0.2, 0.25) is 0 Å². The second kappa shape index (κ2) is 4.64. The van der Waals surface area contributed by atoms with E-state index in [0.29, 0.717) is 5.69 Å². The fourth-order valence-electron chi connectivity index (χ4n) is 2.47. The molecule has 2 aliphatic rings. The van der Waals surface area contributed by atoms with Gasteiger partial charge in [-0.3, -0.25) is 23.4 Å². The second-order valence-corrected chi connectivity index (χ2v) is 6.13. The summed E-state index contributed by atoms with van der Waals surface area (Å²) in [6, 6.07) is 1.28. The van der Waals surface area contributed by atoms with Crippen LogP contribution in [0.15, 0.2) is 15.7 Å². The summed E-state index contributed by atoms with van der Waals surface area (Å²) in [7, 11) is -4.03. The van der Waals surface area contributed by atoms with Crippen LogP contribution in [0.5, 0.6) is 0 Å². The molecule has 1 aromatic rings. The third kappa shape index (κ3) is 2.38. The summed E-state index contributed by atoms with van der Waals surface area (Å²) < 4.78 is 27.8. The lowest BCUT2D eigenvalue weighted by Crippen LogP contribution is -2.34. The number of aryl methyl sites for hydroxylation is 1. The standard InChI is InChI=1S/C10H13N2O7P/c1-5-2-8(13)11-10(14)12(5)9-3-6-7(18-9)4-17-20(15,16)19-6/h2,6-7,9H,3-4H2,1H3,(H,15,16)(H,11,13,14)/t6-,7+,9+/m0/s1. The fourth-order valence-corrected chi connectivity index (χ4v) is 3.43. The molecule has 3 rings (SSSR count). The number of H-pyrrole nitrogens is 1. The predicted octanol–water partition coefficient (Wildman–Crippen LogP) is -0.352. The predicted molar refractivity (Wildman–Crippen MR) is 65.2 cm³/mol. The van der Waals surface area contributed by atoms with Crippen molar-refractivity contribution in [1.82, 2.24) is 9.55 Å². The van der Waals surface area contributed by atoms with Gasteiger partial charge in [0.05, 0.1) is 6.61 Å². The zero-order valence-corrected chi connectivity index (χ0v) is 11.4. The van der Waals surface area contributed by atoms with Crippen LogP contribution in [0.3, 0.4) is 0 Å². The smallest absolute Gasteiger partial charge is 0.349 e. The van der Waals surface area contributed by atoms with Crippen molar-refractivity contribution in [3.8, 4) is 0 Å². The number of nitrogens with one attached hydrogen (secondary N) is 1. The van der Waals surface area contributed by atoms with Crippen molar-refractivity contribution in [1.29, 1.82) is 0 Å². The molecule has 0 radical (unpaired) electrons. The highest BCUT2D eigenvalue weighted by atomic mass is 31.2. The Morgan fingerprint density at radius 2 is 2.20 bits per heavy atom. The van der Waals surface area contributed by atoms with E-state index >= 15 is 0 Å². The van der Waals surface area contributed by atoms with Gasteiger partial charge in [0.2, 0.25) is 0 Å². The van der Waals surface area contributed by atoms with Crippen LogP contribution in [-0.2, 0) is 18.3 Å². The molecular weight excluding hydrogens is 291 g/mol. The quantitative estimate of drug-likeness (QED) is 0.680. The van der Waals surface area contributed by atoms with Crippen LogP contribution >= 0.6 is 7.82 Å². The molecule has 0 bridgehead atoms. The maximum atomic E-state index is 11.8. The average Bonchev–Trinajstić information content (AvgIpc) is 2.68. The zero-order valence-electron chi connectivity index (χ0n) is 10.5. The first-order valence-electron chi connectivity index (χ1n) is 5.99. The van der Waals surface area contributed by atoms with Crippen molar-refractivity contribution < 1.29 is 23.2 Å². The van der Waals surface area contributed by atoms with E-state index in [1.165, 1.54) is 10.6 Å². The fraction of sp³-hybridized carbons (Fsp3) is 0.600.